The molecule has 0 saturated carbocycles. The van der Waals surface area contributed by atoms with Crippen molar-refractivity contribution in [1.29, 1.82) is 0 Å². The van der Waals surface area contributed by atoms with E-state index < -0.39 is 48.9 Å². The van der Waals surface area contributed by atoms with Crippen LogP contribution in [-0.2, 0) is 19.1 Å². The van der Waals surface area contributed by atoms with Gasteiger partial charge in [0, 0.05) is 11.1 Å². The highest BCUT2D eigenvalue weighted by Crippen LogP contribution is 2.40. The molecule has 2 aliphatic heterocycles. The minimum atomic E-state index is -1.14. The number of hydrogen-bond acceptors (Lipinski definition) is 6. The van der Waals surface area contributed by atoms with E-state index in [1.165, 1.54) is 12.1 Å². The van der Waals surface area contributed by atoms with Gasteiger partial charge in [-0.15, -0.1) is 0 Å². The maximum atomic E-state index is 11.8. The summed E-state index contributed by atoms with van der Waals surface area (Å²) in [6, 6.07) is 2.71. The lowest BCUT2D eigenvalue weighted by molar-refractivity contribution is -0.140. The summed E-state index contributed by atoms with van der Waals surface area (Å²) in [5.41, 5.74) is 0.885. The topological polar surface area (TPSA) is 127 Å². The molecule has 2 heterocycles. The number of carboxylic acids is 2. The first-order valence-electron chi connectivity index (χ1n) is 6.40. The molecule has 0 saturated heterocycles. The molecule has 0 fully saturated rings. The molecule has 2 aliphatic rings. The lowest BCUT2D eigenvalue weighted by Crippen LogP contribution is -2.06. The Hall–Kier alpha value is -2.90. The number of cyclic esters (lactones) is 2. The standard InChI is InChI=1S/C14H10O8/c15-11(16)3-9-5-1-7-6(2-8(5)14(20)21-9)10(4-12(17)18)22-13(7)19/h1-2,9-10H,3-4H2,(H,15,16)(H,17,18)/t9-,10-/m1/s1. The van der Waals surface area contributed by atoms with Crippen molar-refractivity contribution >= 4 is 23.9 Å². The summed E-state index contributed by atoms with van der Waals surface area (Å²) in [6.07, 6.45) is -2.75. The molecule has 1 aromatic carbocycles. The number of ether oxygens (including phenoxy) is 2. The summed E-state index contributed by atoms with van der Waals surface area (Å²) < 4.78 is 9.97. The van der Waals surface area contributed by atoms with Gasteiger partial charge in [0.2, 0.25) is 0 Å². The first-order valence-corrected chi connectivity index (χ1v) is 6.40. The van der Waals surface area contributed by atoms with Crippen molar-refractivity contribution < 1.29 is 38.9 Å². The minimum Gasteiger partial charge on any atom is -0.481 e. The van der Waals surface area contributed by atoms with E-state index in [0.29, 0.717) is 11.1 Å². The van der Waals surface area contributed by atoms with Crippen LogP contribution in [-0.4, -0.2) is 34.1 Å². The van der Waals surface area contributed by atoms with Gasteiger partial charge in [0.05, 0.1) is 24.0 Å². The highest BCUT2D eigenvalue weighted by molar-refractivity contribution is 6.00. The number of aliphatic carboxylic acids is 2. The van der Waals surface area contributed by atoms with Crippen molar-refractivity contribution in [3.63, 3.8) is 0 Å². The van der Waals surface area contributed by atoms with Crippen LogP contribution < -0.4 is 0 Å². The Morgan fingerprint density at radius 2 is 1.23 bits per heavy atom. The molecule has 8 nitrogen and oxygen atoms in total. The highest BCUT2D eigenvalue weighted by Gasteiger charge is 2.39. The van der Waals surface area contributed by atoms with Gasteiger partial charge >= 0.3 is 23.9 Å². The van der Waals surface area contributed by atoms with E-state index in [9.17, 15) is 19.2 Å². The van der Waals surface area contributed by atoms with Crippen LogP contribution in [0.5, 0.6) is 0 Å². The van der Waals surface area contributed by atoms with Gasteiger partial charge in [-0.25, -0.2) is 9.59 Å². The van der Waals surface area contributed by atoms with E-state index >= 15 is 0 Å². The summed E-state index contributed by atoms with van der Waals surface area (Å²) in [4.78, 5) is 45.2. The quantitative estimate of drug-likeness (QED) is 0.790. The normalized spacial score (nSPS) is 21.8. The van der Waals surface area contributed by atoms with E-state index in [4.69, 9.17) is 19.7 Å². The Bertz CT molecular complexity index is 658. The van der Waals surface area contributed by atoms with Crippen LogP contribution in [0.2, 0.25) is 0 Å². The molecule has 0 aliphatic carbocycles. The Morgan fingerprint density at radius 1 is 0.864 bits per heavy atom. The molecule has 22 heavy (non-hydrogen) atoms. The van der Waals surface area contributed by atoms with Crippen molar-refractivity contribution in [3.05, 3.63) is 34.4 Å². The van der Waals surface area contributed by atoms with Crippen molar-refractivity contribution in [1.82, 2.24) is 0 Å². The van der Waals surface area contributed by atoms with E-state index in [2.05, 4.69) is 0 Å². The molecular formula is C14H10O8. The molecule has 0 aromatic heterocycles. The average molecular weight is 306 g/mol. The number of carboxylic acid groups (broad SMARTS) is 2. The fourth-order valence-electron chi connectivity index (χ4n) is 2.65. The predicted molar refractivity (Wildman–Crippen MR) is 67.3 cm³/mol. The molecule has 0 spiro atoms. The third-order valence-corrected chi connectivity index (χ3v) is 3.57. The Morgan fingerprint density at radius 3 is 1.55 bits per heavy atom. The number of hydrogen-bond donors (Lipinski definition) is 2. The predicted octanol–water partition coefficient (Wildman–Crippen LogP) is 1.06. The lowest BCUT2D eigenvalue weighted by atomic mass is 9.94. The SMILES string of the molecule is O=C(O)C[C@H]1OC(=O)c2cc3c(cc21)C(=O)O[C@@H]3CC(=O)O. The Kier molecular flexibility index (Phi) is 3.09. The Balaban J connectivity index is 2.04. The average Bonchev–Trinajstić information content (AvgIpc) is 2.87. The van der Waals surface area contributed by atoms with Gasteiger partial charge in [0.25, 0.3) is 0 Å². The molecule has 0 bridgehead atoms. The van der Waals surface area contributed by atoms with E-state index in [0.717, 1.165) is 0 Å². The third-order valence-electron chi connectivity index (χ3n) is 3.57. The van der Waals surface area contributed by atoms with Gasteiger partial charge in [-0.3, -0.25) is 9.59 Å². The zero-order valence-electron chi connectivity index (χ0n) is 11.1. The van der Waals surface area contributed by atoms with Crippen LogP contribution in [0.3, 0.4) is 0 Å². The summed E-state index contributed by atoms with van der Waals surface area (Å²) in [7, 11) is 0. The third kappa shape index (κ3) is 2.18. The molecule has 0 amide bonds. The summed E-state index contributed by atoms with van der Waals surface area (Å²) >= 11 is 0. The van der Waals surface area contributed by atoms with Crippen LogP contribution in [0, 0.1) is 0 Å². The maximum Gasteiger partial charge on any atom is 0.339 e. The molecule has 2 N–H and O–H groups in total. The van der Waals surface area contributed by atoms with Gasteiger partial charge in [0.1, 0.15) is 12.2 Å². The van der Waals surface area contributed by atoms with Gasteiger partial charge in [0.15, 0.2) is 0 Å². The zero-order valence-corrected chi connectivity index (χ0v) is 11.1. The van der Waals surface area contributed by atoms with E-state index in [1.54, 1.807) is 0 Å². The first kappa shape index (κ1) is 14.1. The number of esters is 2. The van der Waals surface area contributed by atoms with Crippen molar-refractivity contribution in [3.8, 4) is 0 Å². The fourth-order valence-corrected chi connectivity index (χ4v) is 2.65. The number of carbonyl (C=O) groups excluding carboxylic acids is 2. The smallest absolute Gasteiger partial charge is 0.339 e. The number of benzene rings is 1. The maximum absolute atomic E-state index is 11.8. The number of rotatable bonds is 4. The lowest BCUT2D eigenvalue weighted by Gasteiger charge is -2.09. The van der Waals surface area contributed by atoms with Gasteiger partial charge in [-0.2, -0.15) is 0 Å². The van der Waals surface area contributed by atoms with Crippen molar-refractivity contribution in [2.75, 3.05) is 0 Å². The highest BCUT2D eigenvalue weighted by atomic mass is 16.6. The number of carbonyl (C=O) groups is 4. The molecule has 8 heteroatoms. The van der Waals surface area contributed by atoms with Gasteiger partial charge in [-0.05, 0) is 12.1 Å². The molecule has 1 aromatic rings. The molecule has 3 rings (SSSR count). The second-order valence-electron chi connectivity index (χ2n) is 5.01. The molecule has 2 atom stereocenters. The fraction of sp³-hybridized carbons (Fsp3) is 0.286. The molecule has 0 radical (unpaired) electrons. The largest absolute Gasteiger partial charge is 0.481 e. The summed E-state index contributed by atoms with van der Waals surface area (Å²) in [6.45, 7) is 0. The van der Waals surface area contributed by atoms with Gasteiger partial charge < -0.3 is 19.7 Å². The van der Waals surface area contributed by atoms with Crippen molar-refractivity contribution in [2.45, 2.75) is 25.0 Å². The molecule has 0 unspecified atom stereocenters. The molecular weight excluding hydrogens is 296 g/mol. The zero-order chi connectivity index (χ0) is 16.0. The second-order valence-corrected chi connectivity index (χ2v) is 5.01. The van der Waals surface area contributed by atoms with Crippen molar-refractivity contribution in [2.24, 2.45) is 0 Å². The second kappa shape index (κ2) is 4.83. The van der Waals surface area contributed by atoms with Gasteiger partial charge in [-0.1, -0.05) is 0 Å². The summed E-state index contributed by atoms with van der Waals surface area (Å²) in [5, 5.41) is 17.6. The summed E-state index contributed by atoms with van der Waals surface area (Å²) in [5.74, 6) is -3.68. The minimum absolute atomic E-state index is 0.138. The first-order chi connectivity index (χ1) is 10.4. The van der Waals surface area contributed by atoms with Crippen LogP contribution >= 0.6 is 0 Å². The Labute approximate surface area is 123 Å². The van der Waals surface area contributed by atoms with Crippen LogP contribution in [0.1, 0.15) is 56.9 Å². The van der Waals surface area contributed by atoms with Crippen LogP contribution in [0.15, 0.2) is 12.1 Å². The number of fused-ring (bicyclic) bond motifs is 2. The molecule has 114 valence electrons. The van der Waals surface area contributed by atoms with Crippen LogP contribution in [0.4, 0.5) is 0 Å². The van der Waals surface area contributed by atoms with E-state index in [-0.39, 0.29) is 11.1 Å². The van der Waals surface area contributed by atoms with Crippen LogP contribution in [0.25, 0.3) is 0 Å². The van der Waals surface area contributed by atoms with E-state index in [1.807, 2.05) is 0 Å². The monoisotopic (exact) mass is 306 g/mol.